The molecule has 0 aliphatic carbocycles. The number of para-hydroxylation sites is 1. The number of ether oxygens (including phenoxy) is 3. The van der Waals surface area contributed by atoms with Crippen LogP contribution < -0.4 is 24.4 Å². The van der Waals surface area contributed by atoms with E-state index in [4.69, 9.17) is 14.2 Å². The van der Waals surface area contributed by atoms with Crippen molar-refractivity contribution in [1.29, 1.82) is 0 Å². The van der Waals surface area contributed by atoms with E-state index in [2.05, 4.69) is 44.7 Å². The number of carbonyl (C=O) groups excluding carboxylic acids is 1. The number of hydrogen-bond donors (Lipinski definition) is 1. The van der Waals surface area contributed by atoms with Crippen molar-refractivity contribution in [2.75, 3.05) is 43.1 Å². The lowest BCUT2D eigenvalue weighted by atomic mass is 10.0. The van der Waals surface area contributed by atoms with Gasteiger partial charge < -0.3 is 19.1 Å². The highest BCUT2D eigenvalue weighted by Crippen LogP contribution is 2.39. The van der Waals surface area contributed by atoms with Gasteiger partial charge in [0.05, 0.1) is 19.8 Å². The van der Waals surface area contributed by atoms with E-state index in [1.807, 2.05) is 20.8 Å². The number of fused-ring (bicyclic) bond motifs is 1. The molecule has 35 heavy (non-hydrogen) atoms. The van der Waals surface area contributed by atoms with Crippen molar-refractivity contribution < 1.29 is 19.0 Å². The topological polar surface area (TPSA) is 85.8 Å². The average Bonchev–Trinajstić information content (AvgIpc) is 3.32. The summed E-state index contributed by atoms with van der Waals surface area (Å²) in [5.41, 5.74) is 3.11. The fourth-order valence-electron chi connectivity index (χ4n) is 4.17. The molecule has 186 valence electrons. The molecule has 0 radical (unpaired) electrons. The van der Waals surface area contributed by atoms with E-state index in [1.165, 1.54) is 22.6 Å². The minimum atomic E-state index is -0.303. The highest BCUT2D eigenvalue weighted by molar-refractivity contribution is 7.15. The largest absolute Gasteiger partial charge is 0.490 e. The molecule has 0 atom stereocenters. The maximum absolute atomic E-state index is 13.0. The SMILES string of the molecule is CCOc1cc(C(=O)Nc2nnc(CCN3CCCc4ccccc43)s2)cc(OCC)c1OCC. The number of anilines is 2. The summed E-state index contributed by atoms with van der Waals surface area (Å²) in [6.45, 7) is 8.92. The fraction of sp³-hybridized carbons (Fsp3) is 0.423. The van der Waals surface area contributed by atoms with Gasteiger partial charge in [-0.1, -0.05) is 29.5 Å². The third-order valence-electron chi connectivity index (χ3n) is 5.66. The summed E-state index contributed by atoms with van der Waals surface area (Å²) in [6, 6.07) is 11.9. The highest BCUT2D eigenvalue weighted by Gasteiger charge is 2.20. The molecule has 0 unspecified atom stereocenters. The van der Waals surface area contributed by atoms with Crippen LogP contribution in [0.4, 0.5) is 10.8 Å². The molecule has 9 heteroatoms. The summed E-state index contributed by atoms with van der Waals surface area (Å²) in [5, 5.41) is 12.7. The second kappa shape index (κ2) is 11.9. The molecule has 3 aromatic rings. The van der Waals surface area contributed by atoms with Crippen molar-refractivity contribution >= 4 is 28.1 Å². The second-order valence-corrected chi connectivity index (χ2v) is 9.09. The molecule has 0 fully saturated rings. The predicted molar refractivity (Wildman–Crippen MR) is 138 cm³/mol. The van der Waals surface area contributed by atoms with Crippen LogP contribution >= 0.6 is 11.3 Å². The van der Waals surface area contributed by atoms with Gasteiger partial charge in [-0.2, -0.15) is 0 Å². The third-order valence-corrected chi connectivity index (χ3v) is 6.56. The monoisotopic (exact) mass is 496 g/mol. The van der Waals surface area contributed by atoms with Crippen LogP contribution in [0.25, 0.3) is 0 Å². The molecule has 0 saturated carbocycles. The normalized spacial score (nSPS) is 12.7. The Hall–Kier alpha value is -3.33. The van der Waals surface area contributed by atoms with Crippen LogP contribution in [0.2, 0.25) is 0 Å². The van der Waals surface area contributed by atoms with E-state index >= 15 is 0 Å². The van der Waals surface area contributed by atoms with E-state index in [1.54, 1.807) is 12.1 Å². The number of hydrogen-bond acceptors (Lipinski definition) is 8. The lowest BCUT2D eigenvalue weighted by Gasteiger charge is -2.31. The van der Waals surface area contributed by atoms with E-state index in [0.29, 0.717) is 47.8 Å². The first-order chi connectivity index (χ1) is 17.1. The lowest BCUT2D eigenvalue weighted by Crippen LogP contribution is -2.31. The van der Waals surface area contributed by atoms with Gasteiger partial charge in [0.1, 0.15) is 5.01 Å². The molecule has 1 amide bonds. The standard InChI is InChI=1S/C26H32N4O4S/c1-4-32-21-16-19(17-22(33-5-2)24(21)34-6-3)25(31)27-26-29-28-23(35-26)13-15-30-14-9-11-18-10-7-8-12-20(18)30/h7-8,10,12,16-17H,4-6,9,11,13-15H2,1-3H3,(H,27,29,31). The molecule has 0 saturated heterocycles. The number of benzene rings is 2. The van der Waals surface area contributed by atoms with Crippen LogP contribution in [0.15, 0.2) is 36.4 Å². The van der Waals surface area contributed by atoms with Gasteiger partial charge in [0.2, 0.25) is 10.9 Å². The summed E-state index contributed by atoms with van der Waals surface area (Å²) < 4.78 is 17.2. The summed E-state index contributed by atoms with van der Waals surface area (Å²) in [7, 11) is 0. The zero-order valence-electron chi connectivity index (χ0n) is 20.5. The fourth-order valence-corrected chi connectivity index (χ4v) is 4.89. The number of rotatable bonds is 11. The molecule has 0 spiro atoms. The number of nitrogens with zero attached hydrogens (tertiary/aromatic N) is 3. The highest BCUT2D eigenvalue weighted by atomic mass is 32.1. The Labute approximate surface area is 210 Å². The molecule has 0 bridgehead atoms. The molecule has 2 aromatic carbocycles. The maximum atomic E-state index is 13.0. The Bertz CT molecular complexity index is 1120. The van der Waals surface area contributed by atoms with Gasteiger partial charge >= 0.3 is 0 Å². The molecule has 1 aromatic heterocycles. The van der Waals surface area contributed by atoms with Gasteiger partial charge in [-0.15, -0.1) is 10.2 Å². The Kier molecular flexibility index (Phi) is 8.41. The van der Waals surface area contributed by atoms with E-state index in [-0.39, 0.29) is 5.91 Å². The van der Waals surface area contributed by atoms with Gasteiger partial charge in [0, 0.05) is 30.8 Å². The minimum Gasteiger partial charge on any atom is -0.490 e. The average molecular weight is 497 g/mol. The van der Waals surface area contributed by atoms with Gasteiger partial charge in [0.15, 0.2) is 11.5 Å². The molecule has 4 rings (SSSR count). The molecule has 8 nitrogen and oxygen atoms in total. The minimum absolute atomic E-state index is 0.303. The first kappa shape index (κ1) is 24.8. The van der Waals surface area contributed by atoms with Crippen LogP contribution in [0.5, 0.6) is 17.2 Å². The number of carbonyl (C=O) groups is 1. The summed E-state index contributed by atoms with van der Waals surface area (Å²) in [4.78, 5) is 15.4. The Balaban J connectivity index is 1.43. The predicted octanol–water partition coefficient (Wildman–Crippen LogP) is 4.98. The van der Waals surface area contributed by atoms with Crippen LogP contribution in [0.1, 0.15) is 48.1 Å². The third kappa shape index (κ3) is 6.03. The first-order valence-corrected chi connectivity index (χ1v) is 13.0. The number of aryl methyl sites for hydroxylation is 1. The molecule has 1 aliphatic heterocycles. The second-order valence-electron chi connectivity index (χ2n) is 8.03. The van der Waals surface area contributed by atoms with E-state index < -0.39 is 0 Å². The van der Waals surface area contributed by atoms with Crippen molar-refractivity contribution in [3.8, 4) is 17.2 Å². The molecular formula is C26H32N4O4S. The van der Waals surface area contributed by atoms with Crippen molar-refractivity contribution in [2.24, 2.45) is 0 Å². The van der Waals surface area contributed by atoms with Gasteiger partial charge in [0.25, 0.3) is 5.91 Å². The van der Waals surface area contributed by atoms with Crippen molar-refractivity contribution in [2.45, 2.75) is 40.0 Å². The van der Waals surface area contributed by atoms with Crippen LogP contribution in [-0.4, -0.2) is 49.0 Å². The molecule has 2 heterocycles. The molecular weight excluding hydrogens is 464 g/mol. The Morgan fingerprint density at radius 3 is 2.46 bits per heavy atom. The maximum Gasteiger partial charge on any atom is 0.257 e. The van der Waals surface area contributed by atoms with E-state index in [9.17, 15) is 4.79 Å². The molecule has 1 N–H and O–H groups in total. The summed E-state index contributed by atoms with van der Waals surface area (Å²) >= 11 is 1.40. The summed E-state index contributed by atoms with van der Waals surface area (Å²) in [5.74, 6) is 1.16. The summed E-state index contributed by atoms with van der Waals surface area (Å²) in [6.07, 6.45) is 3.06. The Morgan fingerprint density at radius 2 is 1.74 bits per heavy atom. The smallest absolute Gasteiger partial charge is 0.257 e. The number of nitrogens with one attached hydrogen (secondary N) is 1. The van der Waals surface area contributed by atoms with Crippen LogP contribution in [-0.2, 0) is 12.8 Å². The zero-order valence-corrected chi connectivity index (χ0v) is 21.3. The quantitative estimate of drug-likeness (QED) is 0.401. The van der Waals surface area contributed by atoms with Crippen molar-refractivity contribution in [3.63, 3.8) is 0 Å². The van der Waals surface area contributed by atoms with Crippen LogP contribution in [0.3, 0.4) is 0 Å². The van der Waals surface area contributed by atoms with Gasteiger partial charge in [-0.05, 0) is 57.4 Å². The van der Waals surface area contributed by atoms with Crippen molar-refractivity contribution in [1.82, 2.24) is 10.2 Å². The van der Waals surface area contributed by atoms with Gasteiger partial charge in [-0.3, -0.25) is 10.1 Å². The van der Waals surface area contributed by atoms with Gasteiger partial charge in [-0.25, -0.2) is 0 Å². The molecule has 1 aliphatic rings. The van der Waals surface area contributed by atoms with Crippen LogP contribution in [0, 0.1) is 0 Å². The number of amides is 1. The van der Waals surface area contributed by atoms with E-state index in [0.717, 1.165) is 37.4 Å². The van der Waals surface area contributed by atoms with Crippen molar-refractivity contribution in [3.05, 3.63) is 52.5 Å². The number of aromatic nitrogens is 2. The first-order valence-electron chi connectivity index (χ1n) is 12.2. The lowest BCUT2D eigenvalue weighted by molar-refractivity contribution is 0.102. The Morgan fingerprint density at radius 1 is 1.03 bits per heavy atom. The zero-order chi connectivity index (χ0) is 24.6.